The van der Waals surface area contributed by atoms with Gasteiger partial charge in [0.2, 0.25) is 10.0 Å². The molecule has 1 aliphatic heterocycles. The third-order valence-electron chi connectivity index (χ3n) is 4.04. The van der Waals surface area contributed by atoms with E-state index in [4.69, 9.17) is 9.94 Å². The molecule has 0 aliphatic carbocycles. The van der Waals surface area contributed by atoms with Gasteiger partial charge in [-0.15, -0.1) is 0 Å². The van der Waals surface area contributed by atoms with Crippen molar-refractivity contribution in [3.05, 3.63) is 46.7 Å². The summed E-state index contributed by atoms with van der Waals surface area (Å²) in [4.78, 5) is 11.5. The van der Waals surface area contributed by atoms with Gasteiger partial charge in [-0.25, -0.2) is 13.9 Å². The van der Waals surface area contributed by atoms with Crippen molar-refractivity contribution in [1.82, 2.24) is 9.79 Å². The highest BCUT2D eigenvalue weighted by Gasteiger charge is 2.33. The van der Waals surface area contributed by atoms with Gasteiger partial charge >= 0.3 is 0 Å². The quantitative estimate of drug-likeness (QED) is 0.610. The molecule has 1 saturated heterocycles. The van der Waals surface area contributed by atoms with Crippen molar-refractivity contribution < 1.29 is 23.2 Å². The summed E-state index contributed by atoms with van der Waals surface area (Å²) in [6.45, 7) is 0.631. The number of nitrogens with one attached hydrogen (secondary N) is 1. The molecule has 134 valence electrons. The largest absolute Gasteiger partial charge is 0.490 e. The van der Waals surface area contributed by atoms with Crippen LogP contribution in [0, 0.1) is 0 Å². The monoisotopic (exact) mass is 382 g/mol. The van der Waals surface area contributed by atoms with E-state index in [1.165, 1.54) is 20.5 Å². The number of hydrogen-bond donors (Lipinski definition) is 2. The van der Waals surface area contributed by atoms with Crippen LogP contribution in [0.15, 0.2) is 46.0 Å². The summed E-state index contributed by atoms with van der Waals surface area (Å²) in [5, 5.41) is 11.6. The van der Waals surface area contributed by atoms with Gasteiger partial charge in [0.1, 0.15) is 16.7 Å². The first-order valence-corrected chi connectivity index (χ1v) is 10.1. The average molecular weight is 382 g/mol. The predicted molar refractivity (Wildman–Crippen MR) is 92.4 cm³/mol. The van der Waals surface area contributed by atoms with Crippen molar-refractivity contribution in [3.63, 3.8) is 0 Å². The second-order valence-corrected chi connectivity index (χ2v) is 8.27. The number of carbonyl (C=O) groups is 1. The summed E-state index contributed by atoms with van der Waals surface area (Å²) in [7, 11) is -3.78. The van der Waals surface area contributed by atoms with Gasteiger partial charge in [-0.05, 0) is 25.0 Å². The van der Waals surface area contributed by atoms with E-state index < -0.39 is 15.9 Å². The Morgan fingerprint density at radius 2 is 1.88 bits per heavy atom. The number of rotatable bonds is 5. The van der Waals surface area contributed by atoms with Gasteiger partial charge < -0.3 is 4.74 Å². The smallest absolute Gasteiger partial charge is 0.276 e. The Bertz CT molecular complexity index is 827. The summed E-state index contributed by atoms with van der Waals surface area (Å²) in [5.74, 6) is -0.0642. The zero-order chi connectivity index (χ0) is 17.9. The first-order chi connectivity index (χ1) is 12.0. The van der Waals surface area contributed by atoms with Gasteiger partial charge in [0.05, 0.1) is 5.56 Å². The van der Waals surface area contributed by atoms with Crippen LogP contribution in [0.25, 0.3) is 0 Å². The van der Waals surface area contributed by atoms with Crippen molar-refractivity contribution in [3.8, 4) is 5.75 Å². The Hall–Kier alpha value is -1.94. The molecule has 1 fully saturated rings. The number of thiophene rings is 1. The number of para-hydroxylation sites is 1. The zero-order valence-electron chi connectivity index (χ0n) is 13.3. The maximum atomic E-state index is 12.8. The molecule has 1 amide bonds. The Labute approximate surface area is 149 Å². The summed E-state index contributed by atoms with van der Waals surface area (Å²) < 4.78 is 32.8. The van der Waals surface area contributed by atoms with Crippen molar-refractivity contribution in [2.45, 2.75) is 23.8 Å². The molecule has 0 radical (unpaired) electrons. The molecule has 3 rings (SSSR count). The summed E-state index contributed by atoms with van der Waals surface area (Å²) in [5.41, 5.74) is 1.44. The second-order valence-electron chi connectivity index (χ2n) is 5.62. The summed E-state index contributed by atoms with van der Waals surface area (Å²) in [6, 6.07) is 9.42. The van der Waals surface area contributed by atoms with Crippen LogP contribution in [0.2, 0.25) is 0 Å². The number of carbonyl (C=O) groups excluding carboxylic acids is 1. The number of sulfonamides is 1. The molecule has 0 spiro atoms. The van der Waals surface area contributed by atoms with Crippen LogP contribution in [0.3, 0.4) is 0 Å². The van der Waals surface area contributed by atoms with E-state index in [1.807, 2.05) is 30.3 Å². The Balaban J connectivity index is 1.68. The Morgan fingerprint density at radius 1 is 1.20 bits per heavy atom. The van der Waals surface area contributed by atoms with Crippen molar-refractivity contribution in [1.29, 1.82) is 0 Å². The minimum Gasteiger partial charge on any atom is -0.490 e. The molecule has 2 aromatic rings. The number of piperidine rings is 1. The number of ether oxygens (including phenoxy) is 1. The van der Waals surface area contributed by atoms with E-state index in [1.54, 1.807) is 0 Å². The third-order valence-corrected chi connectivity index (χ3v) is 6.87. The highest BCUT2D eigenvalue weighted by molar-refractivity contribution is 7.89. The lowest BCUT2D eigenvalue weighted by atomic mass is 10.1. The van der Waals surface area contributed by atoms with Gasteiger partial charge in [0, 0.05) is 23.8 Å². The topological polar surface area (TPSA) is 95.9 Å². The zero-order valence-corrected chi connectivity index (χ0v) is 14.9. The van der Waals surface area contributed by atoms with Crippen LogP contribution in [0.1, 0.15) is 23.2 Å². The SMILES string of the molecule is O=C(NO)c1cscc1S(=O)(=O)N1CCC(Oc2ccccc2)CC1. The Kier molecular flexibility index (Phi) is 5.38. The lowest BCUT2D eigenvalue weighted by molar-refractivity contribution is 0.0703. The van der Waals surface area contributed by atoms with Gasteiger partial charge in [-0.3, -0.25) is 10.0 Å². The number of amides is 1. The maximum absolute atomic E-state index is 12.8. The van der Waals surface area contributed by atoms with Crippen LogP contribution in [-0.4, -0.2) is 43.0 Å². The summed E-state index contributed by atoms with van der Waals surface area (Å²) in [6.07, 6.45) is 1.09. The normalized spacial score (nSPS) is 16.5. The molecule has 2 heterocycles. The predicted octanol–water partition coefficient (Wildman–Crippen LogP) is 2.10. The molecule has 0 bridgehead atoms. The number of benzene rings is 1. The van der Waals surface area contributed by atoms with Crippen molar-refractivity contribution >= 4 is 27.3 Å². The van der Waals surface area contributed by atoms with E-state index in [0.717, 1.165) is 17.1 Å². The second kappa shape index (κ2) is 7.52. The fourth-order valence-electron chi connectivity index (χ4n) is 2.73. The van der Waals surface area contributed by atoms with E-state index >= 15 is 0 Å². The molecule has 0 atom stereocenters. The maximum Gasteiger partial charge on any atom is 0.276 e. The molecule has 9 heteroatoms. The van der Waals surface area contributed by atoms with Gasteiger partial charge in [-0.2, -0.15) is 15.6 Å². The average Bonchev–Trinajstić information content (AvgIpc) is 3.13. The van der Waals surface area contributed by atoms with Crippen LogP contribution in [0.4, 0.5) is 0 Å². The fraction of sp³-hybridized carbons (Fsp3) is 0.312. The van der Waals surface area contributed by atoms with E-state index in [0.29, 0.717) is 25.9 Å². The molecule has 7 nitrogen and oxygen atoms in total. The standard InChI is InChI=1S/C16H18N2O5S2/c19-16(17-20)14-10-24-11-15(14)25(21,22)18-8-6-13(7-9-18)23-12-4-2-1-3-5-12/h1-5,10-11,13,20H,6-9H2,(H,17,19). The third kappa shape index (κ3) is 3.84. The van der Waals surface area contributed by atoms with Gasteiger partial charge in [-0.1, -0.05) is 18.2 Å². The van der Waals surface area contributed by atoms with E-state index in [9.17, 15) is 13.2 Å². The molecule has 1 aliphatic rings. The molecule has 1 aromatic heterocycles. The molecule has 2 N–H and O–H groups in total. The van der Waals surface area contributed by atoms with Crippen LogP contribution >= 0.6 is 11.3 Å². The molecule has 0 saturated carbocycles. The Morgan fingerprint density at radius 3 is 2.52 bits per heavy atom. The number of nitrogens with zero attached hydrogens (tertiary/aromatic N) is 1. The van der Waals surface area contributed by atoms with Crippen LogP contribution in [0.5, 0.6) is 5.75 Å². The lowest BCUT2D eigenvalue weighted by Crippen LogP contribution is -2.42. The molecule has 25 heavy (non-hydrogen) atoms. The molecular weight excluding hydrogens is 364 g/mol. The first-order valence-electron chi connectivity index (χ1n) is 7.75. The minimum absolute atomic E-state index is 0.0449. The highest BCUT2D eigenvalue weighted by atomic mass is 32.2. The van der Waals surface area contributed by atoms with Crippen molar-refractivity contribution in [2.75, 3.05) is 13.1 Å². The molecule has 1 aromatic carbocycles. The lowest BCUT2D eigenvalue weighted by Gasteiger charge is -2.31. The van der Waals surface area contributed by atoms with Crippen LogP contribution in [-0.2, 0) is 10.0 Å². The highest BCUT2D eigenvalue weighted by Crippen LogP contribution is 2.27. The molecular formula is C16H18N2O5S2. The minimum atomic E-state index is -3.78. The number of hydrogen-bond acceptors (Lipinski definition) is 6. The van der Waals surface area contributed by atoms with Gasteiger partial charge in [0.25, 0.3) is 5.91 Å². The van der Waals surface area contributed by atoms with Gasteiger partial charge in [0.15, 0.2) is 0 Å². The first kappa shape index (κ1) is 17.9. The van der Waals surface area contributed by atoms with E-state index in [2.05, 4.69) is 0 Å². The molecule has 0 unspecified atom stereocenters. The van der Waals surface area contributed by atoms with Crippen LogP contribution < -0.4 is 10.2 Å². The van der Waals surface area contributed by atoms with Crippen molar-refractivity contribution in [2.24, 2.45) is 0 Å². The number of hydroxylamine groups is 1. The summed E-state index contributed by atoms with van der Waals surface area (Å²) >= 11 is 1.10. The van der Waals surface area contributed by atoms with E-state index in [-0.39, 0.29) is 16.6 Å². The fourth-order valence-corrected chi connectivity index (χ4v) is 5.55.